The van der Waals surface area contributed by atoms with Crippen molar-refractivity contribution in [2.45, 2.75) is 6.54 Å². The molecule has 0 spiro atoms. The van der Waals surface area contributed by atoms with Crippen LogP contribution in [0.25, 0.3) is 0 Å². The maximum Gasteiger partial charge on any atom is 0.260 e. The number of phenolic OH excluding ortho intramolecular Hbond substituents is 1. The maximum absolute atomic E-state index is 12.0. The summed E-state index contributed by atoms with van der Waals surface area (Å²) in [6, 6.07) is 13.9. The Balaban J connectivity index is 1.91. The summed E-state index contributed by atoms with van der Waals surface area (Å²) in [5, 5.41) is 10.2. The summed E-state index contributed by atoms with van der Waals surface area (Å²) in [5.74, 6) is 0.106. The molecule has 2 rings (SSSR count). The van der Waals surface area contributed by atoms with E-state index < -0.39 is 0 Å². The van der Waals surface area contributed by atoms with Crippen LogP contribution in [-0.2, 0) is 11.3 Å². The number of benzene rings is 2. The zero-order valence-electron chi connectivity index (χ0n) is 11.6. The van der Waals surface area contributed by atoms with Crippen LogP contribution in [0.15, 0.2) is 48.5 Å². The number of amides is 1. The summed E-state index contributed by atoms with van der Waals surface area (Å²) in [5.41, 5.74) is 0.873. The number of ether oxygens (including phenoxy) is 1. The van der Waals surface area contributed by atoms with Crippen molar-refractivity contribution in [3.8, 4) is 11.5 Å². The van der Waals surface area contributed by atoms with Crippen LogP contribution in [0.3, 0.4) is 0 Å². The second-order valence-electron chi connectivity index (χ2n) is 4.60. The molecule has 0 heterocycles. The van der Waals surface area contributed by atoms with Crippen LogP contribution >= 0.6 is 11.6 Å². The molecule has 1 N–H and O–H groups in total. The zero-order chi connectivity index (χ0) is 15.2. The Kier molecular flexibility index (Phi) is 5.06. The third-order valence-electron chi connectivity index (χ3n) is 3.01. The van der Waals surface area contributed by atoms with Crippen molar-refractivity contribution in [2.75, 3.05) is 13.7 Å². The van der Waals surface area contributed by atoms with Crippen molar-refractivity contribution in [3.05, 3.63) is 59.1 Å². The predicted octanol–water partition coefficient (Wildman–Crippen LogP) is 3.08. The van der Waals surface area contributed by atoms with E-state index in [1.165, 1.54) is 11.0 Å². The summed E-state index contributed by atoms with van der Waals surface area (Å²) in [7, 11) is 1.68. The van der Waals surface area contributed by atoms with E-state index in [1.54, 1.807) is 31.3 Å². The highest BCUT2D eigenvalue weighted by Crippen LogP contribution is 2.24. The van der Waals surface area contributed by atoms with Crippen LogP contribution in [-0.4, -0.2) is 29.6 Å². The van der Waals surface area contributed by atoms with Crippen molar-refractivity contribution >= 4 is 17.5 Å². The predicted molar refractivity (Wildman–Crippen MR) is 81.5 cm³/mol. The number of hydrogen-bond acceptors (Lipinski definition) is 3. The third kappa shape index (κ3) is 4.13. The SMILES string of the molecule is CN(Cc1ccccc1Cl)C(=O)COc1ccccc1O. The highest BCUT2D eigenvalue weighted by molar-refractivity contribution is 6.31. The molecule has 0 aliphatic rings. The highest BCUT2D eigenvalue weighted by atomic mass is 35.5. The van der Waals surface area contributed by atoms with Crippen LogP contribution in [0.2, 0.25) is 5.02 Å². The lowest BCUT2D eigenvalue weighted by atomic mass is 10.2. The Bertz CT molecular complexity index is 630. The number of hydrogen-bond donors (Lipinski definition) is 1. The van der Waals surface area contributed by atoms with Gasteiger partial charge in [-0.1, -0.05) is 41.9 Å². The van der Waals surface area contributed by atoms with Crippen LogP contribution in [0.4, 0.5) is 0 Å². The van der Waals surface area contributed by atoms with Crippen molar-refractivity contribution in [2.24, 2.45) is 0 Å². The van der Waals surface area contributed by atoms with Gasteiger partial charge in [0.05, 0.1) is 0 Å². The molecule has 0 saturated heterocycles. The second-order valence-corrected chi connectivity index (χ2v) is 5.00. The molecule has 0 aliphatic heterocycles. The van der Waals surface area contributed by atoms with Gasteiger partial charge in [-0.15, -0.1) is 0 Å². The van der Waals surface area contributed by atoms with Gasteiger partial charge in [0.2, 0.25) is 0 Å². The van der Waals surface area contributed by atoms with E-state index >= 15 is 0 Å². The molecule has 0 aliphatic carbocycles. The lowest BCUT2D eigenvalue weighted by molar-refractivity contribution is -0.132. The fourth-order valence-corrected chi connectivity index (χ4v) is 1.99. The van der Waals surface area contributed by atoms with E-state index in [0.717, 1.165) is 5.56 Å². The lowest BCUT2D eigenvalue weighted by Gasteiger charge is -2.18. The number of carbonyl (C=O) groups excluding carboxylic acids is 1. The van der Waals surface area contributed by atoms with Gasteiger partial charge < -0.3 is 14.7 Å². The first kappa shape index (κ1) is 15.2. The molecule has 4 nitrogen and oxygen atoms in total. The lowest BCUT2D eigenvalue weighted by Crippen LogP contribution is -2.31. The van der Waals surface area contributed by atoms with E-state index in [-0.39, 0.29) is 24.0 Å². The molecule has 0 atom stereocenters. The van der Waals surface area contributed by atoms with Gasteiger partial charge in [-0.3, -0.25) is 4.79 Å². The van der Waals surface area contributed by atoms with Gasteiger partial charge in [0.1, 0.15) is 0 Å². The molecule has 21 heavy (non-hydrogen) atoms. The molecule has 2 aromatic rings. The van der Waals surface area contributed by atoms with Gasteiger partial charge in [-0.2, -0.15) is 0 Å². The smallest absolute Gasteiger partial charge is 0.260 e. The number of likely N-dealkylation sites (N-methyl/N-ethyl adjacent to an activating group) is 1. The maximum atomic E-state index is 12.0. The molecule has 0 saturated carbocycles. The fraction of sp³-hybridized carbons (Fsp3) is 0.188. The number of nitrogens with zero attached hydrogens (tertiary/aromatic N) is 1. The van der Waals surface area contributed by atoms with E-state index in [1.807, 2.05) is 18.2 Å². The summed E-state index contributed by atoms with van der Waals surface area (Å²) in [6.07, 6.45) is 0. The van der Waals surface area contributed by atoms with Gasteiger partial charge in [0.15, 0.2) is 18.1 Å². The van der Waals surface area contributed by atoms with Crippen molar-refractivity contribution in [1.29, 1.82) is 0 Å². The average molecular weight is 306 g/mol. The average Bonchev–Trinajstić information content (AvgIpc) is 2.48. The molecule has 0 radical (unpaired) electrons. The summed E-state index contributed by atoms with van der Waals surface area (Å²) < 4.78 is 5.31. The Labute approximate surface area is 128 Å². The molecule has 0 unspecified atom stereocenters. The number of para-hydroxylation sites is 2. The molecule has 1 amide bonds. The molecular formula is C16H16ClNO3. The molecule has 0 fully saturated rings. The van der Waals surface area contributed by atoms with Crippen LogP contribution < -0.4 is 4.74 Å². The Morgan fingerprint density at radius 3 is 2.57 bits per heavy atom. The van der Waals surface area contributed by atoms with Gasteiger partial charge in [0, 0.05) is 18.6 Å². The number of rotatable bonds is 5. The Morgan fingerprint density at radius 1 is 1.19 bits per heavy atom. The minimum atomic E-state index is -0.196. The van der Waals surface area contributed by atoms with E-state index in [0.29, 0.717) is 11.6 Å². The van der Waals surface area contributed by atoms with Crippen LogP contribution in [0.5, 0.6) is 11.5 Å². The first-order valence-corrected chi connectivity index (χ1v) is 6.84. The largest absolute Gasteiger partial charge is 0.504 e. The van der Waals surface area contributed by atoms with Crippen molar-refractivity contribution < 1.29 is 14.6 Å². The first-order chi connectivity index (χ1) is 10.1. The van der Waals surface area contributed by atoms with Crippen molar-refractivity contribution in [1.82, 2.24) is 4.90 Å². The second kappa shape index (κ2) is 6.99. The summed E-state index contributed by atoms with van der Waals surface area (Å²) >= 11 is 6.06. The fourth-order valence-electron chi connectivity index (χ4n) is 1.80. The van der Waals surface area contributed by atoms with Crippen LogP contribution in [0.1, 0.15) is 5.56 Å². The number of carbonyl (C=O) groups is 1. The van der Waals surface area contributed by atoms with Crippen molar-refractivity contribution in [3.63, 3.8) is 0 Å². The minimum absolute atomic E-state index is 0.0130. The van der Waals surface area contributed by atoms with E-state index in [2.05, 4.69) is 0 Å². The monoisotopic (exact) mass is 305 g/mol. The number of aromatic hydroxyl groups is 1. The number of halogens is 1. The Morgan fingerprint density at radius 2 is 1.86 bits per heavy atom. The van der Waals surface area contributed by atoms with Gasteiger partial charge >= 0.3 is 0 Å². The number of phenols is 1. The third-order valence-corrected chi connectivity index (χ3v) is 3.38. The summed E-state index contributed by atoms with van der Waals surface area (Å²) in [6.45, 7) is 0.265. The van der Waals surface area contributed by atoms with E-state index in [4.69, 9.17) is 16.3 Å². The van der Waals surface area contributed by atoms with E-state index in [9.17, 15) is 9.90 Å². The standard InChI is InChI=1S/C16H16ClNO3/c1-18(10-12-6-2-3-7-13(12)17)16(20)11-21-15-9-5-4-8-14(15)19/h2-9,19H,10-11H2,1H3. The van der Waals surface area contributed by atoms with Gasteiger partial charge in [-0.05, 0) is 23.8 Å². The molecular weight excluding hydrogens is 290 g/mol. The van der Waals surface area contributed by atoms with Crippen LogP contribution in [0, 0.1) is 0 Å². The summed E-state index contributed by atoms with van der Waals surface area (Å²) in [4.78, 5) is 13.5. The molecule has 0 aromatic heterocycles. The zero-order valence-corrected chi connectivity index (χ0v) is 12.4. The first-order valence-electron chi connectivity index (χ1n) is 6.46. The molecule has 2 aromatic carbocycles. The normalized spacial score (nSPS) is 10.2. The van der Waals surface area contributed by atoms with Gasteiger partial charge in [0.25, 0.3) is 5.91 Å². The van der Waals surface area contributed by atoms with Gasteiger partial charge in [-0.25, -0.2) is 0 Å². The quantitative estimate of drug-likeness (QED) is 0.923. The topological polar surface area (TPSA) is 49.8 Å². The molecule has 0 bridgehead atoms. The molecule has 110 valence electrons. The molecule has 5 heteroatoms. The Hall–Kier alpha value is -2.20. The minimum Gasteiger partial charge on any atom is -0.504 e. The highest BCUT2D eigenvalue weighted by Gasteiger charge is 2.12.